The van der Waals surface area contributed by atoms with E-state index in [2.05, 4.69) is 31.2 Å². The molecule has 1 aromatic heterocycles. The normalized spacial score (nSPS) is 10.8. The highest BCUT2D eigenvalue weighted by molar-refractivity contribution is 9.10. The van der Waals surface area contributed by atoms with Gasteiger partial charge in [0.25, 0.3) is 0 Å². The van der Waals surface area contributed by atoms with Gasteiger partial charge in [-0.3, -0.25) is 0 Å². The van der Waals surface area contributed by atoms with E-state index in [9.17, 15) is 4.39 Å². The summed E-state index contributed by atoms with van der Waals surface area (Å²) in [5.74, 6) is 1.53. The van der Waals surface area contributed by atoms with Crippen molar-refractivity contribution in [1.82, 2.24) is 9.97 Å². The first-order valence-corrected chi connectivity index (χ1v) is 6.86. The van der Waals surface area contributed by atoms with Gasteiger partial charge in [0.15, 0.2) is 0 Å². The van der Waals surface area contributed by atoms with Crippen LogP contribution >= 0.6 is 15.9 Å². The summed E-state index contributed by atoms with van der Waals surface area (Å²) in [5.41, 5.74) is 0.876. The van der Waals surface area contributed by atoms with Gasteiger partial charge < -0.3 is 5.32 Å². The Bertz CT molecular complexity index is 572. The number of anilines is 1. The maximum atomic E-state index is 13.1. The molecule has 0 aliphatic heterocycles. The van der Waals surface area contributed by atoms with Crippen molar-refractivity contribution in [3.8, 4) is 0 Å². The van der Waals surface area contributed by atoms with Crippen molar-refractivity contribution in [3.05, 3.63) is 52.1 Å². The zero-order valence-corrected chi connectivity index (χ0v) is 12.4. The van der Waals surface area contributed by atoms with Gasteiger partial charge in [-0.05, 0) is 33.6 Å². The lowest BCUT2D eigenvalue weighted by Crippen LogP contribution is -2.05. The van der Waals surface area contributed by atoms with Crippen LogP contribution < -0.4 is 5.32 Å². The molecule has 5 heteroatoms. The Balaban J connectivity index is 2.11. The predicted molar refractivity (Wildman–Crippen MR) is 77.5 cm³/mol. The van der Waals surface area contributed by atoms with Crippen LogP contribution in [0.5, 0.6) is 0 Å². The molecule has 0 aliphatic carbocycles. The quantitative estimate of drug-likeness (QED) is 0.860. The van der Waals surface area contributed by atoms with Crippen LogP contribution in [0.4, 0.5) is 10.2 Å². The summed E-state index contributed by atoms with van der Waals surface area (Å²) in [6.45, 7) is 4.61. The van der Waals surface area contributed by atoms with Gasteiger partial charge in [-0.15, -0.1) is 0 Å². The molecule has 0 spiro atoms. The molecule has 0 atom stereocenters. The van der Waals surface area contributed by atoms with E-state index in [1.807, 2.05) is 26.0 Å². The average molecular weight is 324 g/mol. The lowest BCUT2D eigenvalue weighted by Gasteiger charge is -2.09. The van der Waals surface area contributed by atoms with Crippen LogP contribution in [0.3, 0.4) is 0 Å². The van der Waals surface area contributed by atoms with E-state index in [0.717, 1.165) is 21.8 Å². The molecule has 0 unspecified atom stereocenters. The number of nitrogens with one attached hydrogen (secondary N) is 1. The fraction of sp³-hybridized carbons (Fsp3) is 0.286. The van der Waals surface area contributed by atoms with Gasteiger partial charge in [0.1, 0.15) is 22.1 Å². The molecule has 2 aromatic rings. The van der Waals surface area contributed by atoms with Crippen molar-refractivity contribution >= 4 is 21.7 Å². The zero-order chi connectivity index (χ0) is 13.8. The minimum Gasteiger partial charge on any atom is -0.366 e. The molecule has 100 valence electrons. The third kappa shape index (κ3) is 3.99. The van der Waals surface area contributed by atoms with Crippen LogP contribution in [0.15, 0.2) is 34.9 Å². The van der Waals surface area contributed by atoms with Crippen molar-refractivity contribution in [1.29, 1.82) is 0 Å². The minimum absolute atomic E-state index is 0.231. The van der Waals surface area contributed by atoms with E-state index in [-0.39, 0.29) is 11.7 Å². The number of nitrogens with zero attached hydrogens (tertiary/aromatic N) is 2. The van der Waals surface area contributed by atoms with Crippen molar-refractivity contribution in [2.45, 2.75) is 26.3 Å². The van der Waals surface area contributed by atoms with Crippen molar-refractivity contribution in [2.24, 2.45) is 0 Å². The molecule has 0 bridgehead atoms. The third-order valence-electron chi connectivity index (χ3n) is 2.59. The Kier molecular flexibility index (Phi) is 4.47. The van der Waals surface area contributed by atoms with Crippen LogP contribution in [0, 0.1) is 5.82 Å². The van der Waals surface area contributed by atoms with Crippen LogP contribution in [0.2, 0.25) is 0 Å². The molecule has 0 fully saturated rings. The highest BCUT2D eigenvalue weighted by Crippen LogP contribution is 2.18. The minimum atomic E-state index is -0.231. The second kappa shape index (κ2) is 6.10. The Morgan fingerprint density at radius 3 is 2.74 bits per heavy atom. The molecular formula is C14H15BrFN3. The fourth-order valence-electron chi connectivity index (χ4n) is 1.62. The molecule has 0 aliphatic rings. The first-order chi connectivity index (χ1) is 9.04. The second-order valence-corrected chi connectivity index (χ2v) is 5.38. The lowest BCUT2D eigenvalue weighted by molar-refractivity contribution is 0.626. The van der Waals surface area contributed by atoms with Crippen LogP contribution in [0.1, 0.15) is 31.2 Å². The Hall–Kier alpha value is -1.49. The topological polar surface area (TPSA) is 37.8 Å². The van der Waals surface area contributed by atoms with E-state index >= 15 is 0 Å². The number of rotatable bonds is 4. The summed E-state index contributed by atoms with van der Waals surface area (Å²) in [4.78, 5) is 8.73. The summed E-state index contributed by atoms with van der Waals surface area (Å²) in [6.07, 6.45) is 0. The summed E-state index contributed by atoms with van der Waals surface area (Å²) >= 11 is 3.37. The van der Waals surface area contributed by atoms with E-state index in [1.54, 1.807) is 6.07 Å². The molecule has 1 aromatic carbocycles. The van der Waals surface area contributed by atoms with Crippen LogP contribution in [0.25, 0.3) is 0 Å². The van der Waals surface area contributed by atoms with E-state index in [4.69, 9.17) is 0 Å². The highest BCUT2D eigenvalue weighted by atomic mass is 79.9. The van der Waals surface area contributed by atoms with Gasteiger partial charge in [-0.1, -0.05) is 26.0 Å². The molecule has 3 nitrogen and oxygen atoms in total. The van der Waals surface area contributed by atoms with Gasteiger partial charge in [0.2, 0.25) is 0 Å². The zero-order valence-electron chi connectivity index (χ0n) is 10.8. The fourth-order valence-corrected chi connectivity index (χ4v) is 2.02. The van der Waals surface area contributed by atoms with E-state index < -0.39 is 0 Å². The molecule has 0 saturated heterocycles. The van der Waals surface area contributed by atoms with Gasteiger partial charge >= 0.3 is 0 Å². The average Bonchev–Trinajstić information content (AvgIpc) is 2.36. The highest BCUT2D eigenvalue weighted by Gasteiger charge is 2.06. The molecule has 1 N–H and O–H groups in total. The van der Waals surface area contributed by atoms with E-state index in [1.165, 1.54) is 12.1 Å². The number of benzene rings is 1. The Labute approximate surface area is 120 Å². The standard InChI is InChI=1S/C14H15BrFN3/c1-9(2)14-18-12(15)7-13(19-14)17-8-10-4-3-5-11(16)6-10/h3-7,9H,8H2,1-2H3,(H,17,18,19). The van der Waals surface area contributed by atoms with E-state index in [0.29, 0.717) is 6.54 Å². The molecule has 1 heterocycles. The largest absolute Gasteiger partial charge is 0.366 e. The molecule has 0 radical (unpaired) electrons. The number of hydrogen-bond donors (Lipinski definition) is 1. The van der Waals surface area contributed by atoms with Gasteiger partial charge in [-0.25, -0.2) is 14.4 Å². The SMILES string of the molecule is CC(C)c1nc(Br)cc(NCc2cccc(F)c2)n1. The van der Waals surface area contributed by atoms with Crippen molar-refractivity contribution in [2.75, 3.05) is 5.32 Å². The molecular weight excluding hydrogens is 309 g/mol. The second-order valence-electron chi connectivity index (χ2n) is 4.57. The van der Waals surface area contributed by atoms with Gasteiger partial charge in [-0.2, -0.15) is 0 Å². The predicted octanol–water partition coefficient (Wildman–Crippen LogP) is 4.11. The van der Waals surface area contributed by atoms with Crippen LogP contribution in [-0.4, -0.2) is 9.97 Å². The Morgan fingerprint density at radius 2 is 2.05 bits per heavy atom. The summed E-state index contributed by atoms with van der Waals surface area (Å²) in [5, 5.41) is 3.18. The maximum absolute atomic E-state index is 13.1. The smallest absolute Gasteiger partial charge is 0.134 e. The van der Waals surface area contributed by atoms with Crippen molar-refractivity contribution < 1.29 is 4.39 Å². The van der Waals surface area contributed by atoms with Gasteiger partial charge in [0, 0.05) is 18.5 Å². The summed E-state index contributed by atoms with van der Waals surface area (Å²) in [7, 11) is 0. The third-order valence-corrected chi connectivity index (χ3v) is 3.00. The molecule has 0 saturated carbocycles. The molecule has 2 rings (SSSR count). The van der Waals surface area contributed by atoms with Crippen molar-refractivity contribution in [3.63, 3.8) is 0 Å². The Morgan fingerprint density at radius 1 is 1.26 bits per heavy atom. The van der Waals surface area contributed by atoms with Crippen LogP contribution in [-0.2, 0) is 6.54 Å². The van der Waals surface area contributed by atoms with Gasteiger partial charge in [0.05, 0.1) is 0 Å². The molecule has 0 amide bonds. The lowest BCUT2D eigenvalue weighted by atomic mass is 10.2. The maximum Gasteiger partial charge on any atom is 0.134 e. The summed E-state index contributed by atoms with van der Waals surface area (Å²) in [6, 6.07) is 8.32. The number of halogens is 2. The first-order valence-electron chi connectivity index (χ1n) is 6.07. The first kappa shape index (κ1) is 13.9. The number of aromatic nitrogens is 2. The summed E-state index contributed by atoms with van der Waals surface area (Å²) < 4.78 is 13.8. The molecule has 19 heavy (non-hydrogen) atoms. The number of hydrogen-bond acceptors (Lipinski definition) is 3. The monoisotopic (exact) mass is 323 g/mol.